The Balaban J connectivity index is 2.31. The van der Waals surface area contributed by atoms with Crippen LogP contribution in [0, 0.1) is 0 Å². The molecule has 0 amide bonds. The fourth-order valence-corrected chi connectivity index (χ4v) is 2.48. The molecule has 1 aromatic rings. The van der Waals surface area contributed by atoms with Crippen molar-refractivity contribution < 1.29 is 5.11 Å². The van der Waals surface area contributed by atoms with E-state index in [9.17, 15) is 5.11 Å². The minimum absolute atomic E-state index is 0.520. The van der Waals surface area contributed by atoms with Crippen molar-refractivity contribution in [3.05, 3.63) is 35.4 Å². The van der Waals surface area contributed by atoms with Crippen LogP contribution in [0.5, 0.6) is 0 Å². The zero-order valence-electron chi connectivity index (χ0n) is 9.95. The van der Waals surface area contributed by atoms with Crippen LogP contribution in [0.4, 0.5) is 0 Å². The van der Waals surface area contributed by atoms with E-state index in [2.05, 4.69) is 12.1 Å². The lowest BCUT2D eigenvalue weighted by atomic mass is 9.75. The van der Waals surface area contributed by atoms with Crippen LogP contribution < -0.4 is 5.73 Å². The maximum Gasteiger partial charge on any atom is 0.0883 e. The predicted molar refractivity (Wildman–Crippen MR) is 66.3 cm³/mol. The van der Waals surface area contributed by atoms with Crippen molar-refractivity contribution in [1.29, 1.82) is 0 Å². The van der Waals surface area contributed by atoms with Crippen molar-refractivity contribution in [1.82, 2.24) is 0 Å². The summed E-state index contributed by atoms with van der Waals surface area (Å²) in [4.78, 5) is 0. The molecule has 2 nitrogen and oxygen atoms in total. The summed E-state index contributed by atoms with van der Waals surface area (Å²) in [6.07, 6.45) is 4.46. The van der Waals surface area contributed by atoms with Gasteiger partial charge >= 0.3 is 0 Å². The molecule has 0 spiro atoms. The Morgan fingerprint density at radius 1 is 1.38 bits per heavy atom. The van der Waals surface area contributed by atoms with E-state index in [1.54, 1.807) is 0 Å². The number of rotatable bonds is 4. The van der Waals surface area contributed by atoms with E-state index < -0.39 is 5.60 Å². The molecule has 1 saturated carbocycles. The zero-order chi connectivity index (χ0) is 11.6. The molecule has 3 N–H and O–H groups in total. The monoisotopic (exact) mass is 219 g/mol. The number of hydrogen-bond donors (Lipinski definition) is 2. The fourth-order valence-electron chi connectivity index (χ4n) is 2.48. The molecule has 0 heterocycles. The first kappa shape index (κ1) is 11.6. The summed E-state index contributed by atoms with van der Waals surface area (Å²) in [7, 11) is 0. The highest BCUT2D eigenvalue weighted by Crippen LogP contribution is 2.41. The van der Waals surface area contributed by atoms with Crippen LogP contribution in [0.1, 0.15) is 49.7 Å². The average Bonchev–Trinajstić information content (AvgIpc) is 2.15. The van der Waals surface area contributed by atoms with Gasteiger partial charge in [-0.2, -0.15) is 0 Å². The summed E-state index contributed by atoms with van der Waals surface area (Å²) in [6.45, 7) is 2.39. The molecule has 1 fully saturated rings. The summed E-state index contributed by atoms with van der Waals surface area (Å²) in [5, 5.41) is 10.5. The molecule has 0 bridgehead atoms. The second kappa shape index (κ2) is 4.56. The van der Waals surface area contributed by atoms with E-state index in [1.165, 1.54) is 24.8 Å². The summed E-state index contributed by atoms with van der Waals surface area (Å²) >= 11 is 0. The first-order valence-electron chi connectivity index (χ1n) is 6.17. The lowest BCUT2D eigenvalue weighted by molar-refractivity contribution is 0.0486. The molecule has 2 heteroatoms. The fraction of sp³-hybridized carbons (Fsp3) is 0.571. The first-order chi connectivity index (χ1) is 7.65. The second-order valence-electron chi connectivity index (χ2n) is 5.03. The number of hydrogen-bond acceptors (Lipinski definition) is 2. The standard InChI is InChI=1S/C14H21NO/c1-14(16,9-10-15)13-8-3-2-7-12(13)11-5-4-6-11/h2-3,7-8,11,16H,4-6,9-10,15H2,1H3. The van der Waals surface area contributed by atoms with Gasteiger partial charge in [-0.1, -0.05) is 30.7 Å². The van der Waals surface area contributed by atoms with Gasteiger partial charge in [0.05, 0.1) is 5.60 Å². The summed E-state index contributed by atoms with van der Waals surface area (Å²) in [5.41, 5.74) is 7.19. The molecule has 0 saturated heterocycles. The summed E-state index contributed by atoms with van der Waals surface area (Å²) in [6, 6.07) is 8.27. The predicted octanol–water partition coefficient (Wildman–Crippen LogP) is 2.51. The molecule has 0 aliphatic heterocycles. The lowest BCUT2D eigenvalue weighted by Crippen LogP contribution is -2.27. The van der Waals surface area contributed by atoms with E-state index in [-0.39, 0.29) is 0 Å². The van der Waals surface area contributed by atoms with Crippen molar-refractivity contribution in [2.24, 2.45) is 5.73 Å². The third-order valence-electron chi connectivity index (χ3n) is 3.72. The summed E-state index contributed by atoms with van der Waals surface area (Å²) in [5.74, 6) is 0.653. The SMILES string of the molecule is CC(O)(CCN)c1ccccc1C1CCC1. The van der Waals surface area contributed by atoms with Gasteiger partial charge in [-0.3, -0.25) is 0 Å². The van der Waals surface area contributed by atoms with E-state index >= 15 is 0 Å². The van der Waals surface area contributed by atoms with Crippen LogP contribution in [0.25, 0.3) is 0 Å². The maximum absolute atomic E-state index is 10.5. The molecule has 0 radical (unpaired) electrons. The Morgan fingerprint density at radius 3 is 2.62 bits per heavy atom. The van der Waals surface area contributed by atoms with E-state index in [4.69, 9.17) is 5.73 Å². The van der Waals surface area contributed by atoms with Crippen LogP contribution in [-0.2, 0) is 5.60 Å². The average molecular weight is 219 g/mol. The largest absolute Gasteiger partial charge is 0.385 e. The smallest absolute Gasteiger partial charge is 0.0883 e. The van der Waals surface area contributed by atoms with Gasteiger partial charge in [-0.25, -0.2) is 0 Å². The maximum atomic E-state index is 10.5. The van der Waals surface area contributed by atoms with Crippen molar-refractivity contribution in [2.45, 2.75) is 44.1 Å². The molecule has 0 aromatic heterocycles. The van der Waals surface area contributed by atoms with Gasteiger partial charge in [0.15, 0.2) is 0 Å². The van der Waals surface area contributed by atoms with E-state index in [1.807, 2.05) is 19.1 Å². The van der Waals surface area contributed by atoms with Crippen molar-refractivity contribution in [3.63, 3.8) is 0 Å². The van der Waals surface area contributed by atoms with Crippen molar-refractivity contribution in [3.8, 4) is 0 Å². The molecule has 1 atom stereocenters. The number of benzene rings is 1. The molecule has 2 rings (SSSR count). The highest BCUT2D eigenvalue weighted by atomic mass is 16.3. The van der Waals surface area contributed by atoms with E-state index in [0.29, 0.717) is 18.9 Å². The van der Waals surface area contributed by atoms with Gasteiger partial charge in [0.1, 0.15) is 0 Å². The number of nitrogens with two attached hydrogens (primary N) is 1. The van der Waals surface area contributed by atoms with Gasteiger partial charge in [0, 0.05) is 0 Å². The Labute approximate surface area is 97.5 Å². The highest BCUT2D eigenvalue weighted by molar-refractivity contribution is 5.35. The van der Waals surface area contributed by atoms with Gasteiger partial charge in [-0.05, 0) is 49.8 Å². The quantitative estimate of drug-likeness (QED) is 0.817. The Morgan fingerprint density at radius 2 is 2.06 bits per heavy atom. The number of aliphatic hydroxyl groups is 1. The summed E-state index contributed by atoms with van der Waals surface area (Å²) < 4.78 is 0. The Hall–Kier alpha value is -0.860. The molecule has 88 valence electrons. The molecule has 1 aromatic carbocycles. The first-order valence-corrected chi connectivity index (χ1v) is 6.17. The lowest BCUT2D eigenvalue weighted by Gasteiger charge is -2.33. The zero-order valence-corrected chi connectivity index (χ0v) is 9.95. The van der Waals surface area contributed by atoms with Crippen molar-refractivity contribution in [2.75, 3.05) is 6.54 Å². The molecule has 1 unspecified atom stereocenters. The Bertz CT molecular complexity index is 356. The van der Waals surface area contributed by atoms with Crippen LogP contribution in [0.3, 0.4) is 0 Å². The van der Waals surface area contributed by atoms with Gasteiger partial charge in [0.25, 0.3) is 0 Å². The molecule has 1 aliphatic rings. The molecular formula is C14H21NO. The minimum atomic E-state index is -0.777. The topological polar surface area (TPSA) is 46.2 Å². The van der Waals surface area contributed by atoms with Crippen molar-refractivity contribution >= 4 is 0 Å². The Kier molecular flexibility index (Phi) is 3.31. The minimum Gasteiger partial charge on any atom is -0.385 e. The van der Waals surface area contributed by atoms with E-state index in [0.717, 1.165) is 5.56 Å². The van der Waals surface area contributed by atoms with Crippen LogP contribution in [0.15, 0.2) is 24.3 Å². The van der Waals surface area contributed by atoms with Gasteiger partial charge < -0.3 is 10.8 Å². The molecule has 1 aliphatic carbocycles. The van der Waals surface area contributed by atoms with Gasteiger partial charge in [0.2, 0.25) is 0 Å². The molecule has 16 heavy (non-hydrogen) atoms. The van der Waals surface area contributed by atoms with Gasteiger partial charge in [-0.15, -0.1) is 0 Å². The normalized spacial score (nSPS) is 20.2. The van der Waals surface area contributed by atoms with Crippen LogP contribution in [-0.4, -0.2) is 11.7 Å². The third kappa shape index (κ3) is 2.13. The third-order valence-corrected chi connectivity index (χ3v) is 3.72. The highest BCUT2D eigenvalue weighted by Gasteiger charge is 2.29. The molecular weight excluding hydrogens is 198 g/mol. The van der Waals surface area contributed by atoms with Crippen LogP contribution in [0.2, 0.25) is 0 Å². The second-order valence-corrected chi connectivity index (χ2v) is 5.03. The van der Waals surface area contributed by atoms with Crippen LogP contribution >= 0.6 is 0 Å².